The van der Waals surface area contributed by atoms with Crippen molar-refractivity contribution in [2.75, 3.05) is 12.4 Å². The van der Waals surface area contributed by atoms with E-state index in [9.17, 15) is 4.39 Å². The number of nitrogens with one attached hydrogen (secondary N) is 1. The van der Waals surface area contributed by atoms with Crippen LogP contribution in [0.15, 0.2) is 53.0 Å². The molecule has 0 fully saturated rings. The van der Waals surface area contributed by atoms with E-state index in [0.29, 0.717) is 11.6 Å². The first-order valence-electron chi connectivity index (χ1n) is 7.74. The highest BCUT2D eigenvalue weighted by Crippen LogP contribution is 2.52. The third-order valence-corrected chi connectivity index (χ3v) is 5.32. The van der Waals surface area contributed by atoms with Crippen molar-refractivity contribution in [1.82, 2.24) is 0 Å². The van der Waals surface area contributed by atoms with Crippen molar-refractivity contribution in [2.24, 2.45) is 5.92 Å². The molecular formula is C19H17BrFNO. The van der Waals surface area contributed by atoms with Gasteiger partial charge < -0.3 is 10.1 Å². The number of halogens is 2. The zero-order valence-corrected chi connectivity index (χ0v) is 14.3. The van der Waals surface area contributed by atoms with E-state index in [1.807, 2.05) is 24.3 Å². The van der Waals surface area contributed by atoms with Crippen LogP contribution in [-0.2, 0) is 0 Å². The van der Waals surface area contributed by atoms with E-state index in [4.69, 9.17) is 4.74 Å². The van der Waals surface area contributed by atoms with Crippen LogP contribution in [0.4, 0.5) is 10.1 Å². The predicted molar refractivity (Wildman–Crippen MR) is 93.4 cm³/mol. The predicted octanol–water partition coefficient (Wildman–Crippen LogP) is 5.42. The highest BCUT2D eigenvalue weighted by molar-refractivity contribution is 9.10. The van der Waals surface area contributed by atoms with Crippen molar-refractivity contribution in [2.45, 2.75) is 18.4 Å². The standard InChI is InChI=1S/C19H17BrFNO/c1-23-17-8-3-2-5-14(17)18-13-7-4-6-12(13)15-9-11(20)10-16(21)19(15)22-18/h2-6,8-10,12-13,18,22H,7H2,1H3/t12-,13+,18-/m1/s1. The van der Waals surface area contributed by atoms with Crippen LogP contribution in [0.3, 0.4) is 0 Å². The molecule has 0 radical (unpaired) electrons. The first-order chi connectivity index (χ1) is 11.2. The summed E-state index contributed by atoms with van der Waals surface area (Å²) in [4.78, 5) is 0. The number of fused-ring (bicyclic) bond motifs is 3. The lowest BCUT2D eigenvalue weighted by atomic mass is 9.77. The Morgan fingerprint density at radius 1 is 1.22 bits per heavy atom. The van der Waals surface area contributed by atoms with Gasteiger partial charge in [0.1, 0.15) is 11.6 Å². The Balaban J connectivity index is 1.85. The van der Waals surface area contributed by atoms with Crippen LogP contribution in [0.1, 0.15) is 29.5 Å². The molecule has 1 heterocycles. The largest absolute Gasteiger partial charge is 0.496 e. The highest BCUT2D eigenvalue weighted by atomic mass is 79.9. The van der Waals surface area contributed by atoms with Gasteiger partial charge in [-0.1, -0.05) is 46.3 Å². The summed E-state index contributed by atoms with van der Waals surface area (Å²) in [6.45, 7) is 0. The fraction of sp³-hybridized carbons (Fsp3) is 0.263. The van der Waals surface area contributed by atoms with Crippen molar-refractivity contribution < 1.29 is 9.13 Å². The zero-order chi connectivity index (χ0) is 16.0. The molecule has 3 atom stereocenters. The maximum atomic E-state index is 14.5. The molecule has 4 heteroatoms. The lowest BCUT2D eigenvalue weighted by Gasteiger charge is -2.38. The summed E-state index contributed by atoms with van der Waals surface area (Å²) in [5, 5.41) is 3.44. The molecule has 23 heavy (non-hydrogen) atoms. The number of rotatable bonds is 2. The monoisotopic (exact) mass is 373 g/mol. The number of benzene rings is 2. The Bertz CT molecular complexity index is 789. The van der Waals surface area contributed by atoms with Crippen LogP contribution in [0.25, 0.3) is 0 Å². The fourth-order valence-corrected chi connectivity index (χ4v) is 4.30. The van der Waals surface area contributed by atoms with Gasteiger partial charge in [-0.05, 0) is 36.1 Å². The van der Waals surface area contributed by atoms with Crippen molar-refractivity contribution >= 4 is 21.6 Å². The topological polar surface area (TPSA) is 21.3 Å². The number of ether oxygens (including phenoxy) is 1. The minimum absolute atomic E-state index is 0.0364. The van der Waals surface area contributed by atoms with Crippen molar-refractivity contribution in [3.8, 4) is 5.75 Å². The average molecular weight is 374 g/mol. The van der Waals surface area contributed by atoms with E-state index < -0.39 is 0 Å². The maximum Gasteiger partial charge on any atom is 0.147 e. The molecule has 0 saturated heterocycles. The van der Waals surface area contributed by atoms with Gasteiger partial charge >= 0.3 is 0 Å². The molecule has 0 amide bonds. The van der Waals surface area contributed by atoms with Crippen molar-refractivity contribution in [1.29, 1.82) is 0 Å². The minimum atomic E-state index is -0.215. The fourth-order valence-electron chi connectivity index (χ4n) is 3.85. The third-order valence-electron chi connectivity index (χ3n) is 4.86. The maximum absolute atomic E-state index is 14.5. The molecule has 2 aliphatic rings. The van der Waals surface area contributed by atoms with Gasteiger partial charge in [0, 0.05) is 16.0 Å². The number of hydrogen-bond donors (Lipinski definition) is 1. The second-order valence-electron chi connectivity index (χ2n) is 6.07. The number of allylic oxidation sites excluding steroid dienone is 2. The molecule has 0 saturated carbocycles. The van der Waals surface area contributed by atoms with Crippen LogP contribution < -0.4 is 10.1 Å². The molecule has 0 aromatic heterocycles. The Morgan fingerprint density at radius 3 is 2.87 bits per heavy atom. The molecule has 0 spiro atoms. The summed E-state index contributed by atoms with van der Waals surface area (Å²) in [5.74, 6) is 1.23. The molecular weight excluding hydrogens is 357 g/mol. The van der Waals surface area contributed by atoms with E-state index in [0.717, 1.165) is 27.8 Å². The average Bonchev–Trinajstić information content (AvgIpc) is 3.04. The highest BCUT2D eigenvalue weighted by Gasteiger charge is 2.40. The smallest absolute Gasteiger partial charge is 0.147 e. The van der Waals surface area contributed by atoms with Gasteiger partial charge in [0.25, 0.3) is 0 Å². The van der Waals surface area contributed by atoms with Gasteiger partial charge in [-0.2, -0.15) is 0 Å². The molecule has 2 nitrogen and oxygen atoms in total. The Kier molecular flexibility index (Phi) is 3.64. The molecule has 1 N–H and O–H groups in total. The Morgan fingerprint density at radius 2 is 2.04 bits per heavy atom. The SMILES string of the molecule is COc1ccccc1[C@@H]1Nc2c(F)cc(Br)cc2[C@@H]2C=CC[C@@H]21. The number of anilines is 1. The van der Waals surface area contributed by atoms with E-state index in [1.165, 1.54) is 6.07 Å². The van der Waals surface area contributed by atoms with Gasteiger partial charge in [0.15, 0.2) is 0 Å². The summed E-state index contributed by atoms with van der Waals surface area (Å²) in [5.41, 5.74) is 2.72. The molecule has 4 rings (SSSR count). The van der Waals surface area contributed by atoms with Gasteiger partial charge in [0.2, 0.25) is 0 Å². The number of para-hydroxylation sites is 1. The van der Waals surface area contributed by atoms with Gasteiger partial charge in [0.05, 0.1) is 18.8 Å². The Hall–Kier alpha value is -1.81. The summed E-state index contributed by atoms with van der Waals surface area (Å²) in [6, 6.07) is 11.6. The van der Waals surface area contributed by atoms with Crippen LogP contribution in [0, 0.1) is 11.7 Å². The van der Waals surface area contributed by atoms with E-state index in [-0.39, 0.29) is 17.8 Å². The summed E-state index contributed by atoms with van der Waals surface area (Å²) in [6.07, 6.45) is 5.39. The first kappa shape index (κ1) is 14.8. The minimum Gasteiger partial charge on any atom is -0.496 e. The molecule has 2 aromatic rings. The van der Waals surface area contributed by atoms with Crippen molar-refractivity contribution in [3.05, 3.63) is 70.0 Å². The molecule has 1 aliphatic heterocycles. The van der Waals surface area contributed by atoms with Crippen LogP contribution in [0.5, 0.6) is 5.75 Å². The second kappa shape index (κ2) is 5.68. The first-order valence-corrected chi connectivity index (χ1v) is 8.53. The van der Waals surface area contributed by atoms with Crippen LogP contribution in [0.2, 0.25) is 0 Å². The normalized spacial score (nSPS) is 24.7. The van der Waals surface area contributed by atoms with E-state index in [1.54, 1.807) is 7.11 Å². The number of methoxy groups -OCH3 is 1. The van der Waals surface area contributed by atoms with E-state index >= 15 is 0 Å². The molecule has 118 valence electrons. The summed E-state index contributed by atoms with van der Waals surface area (Å²) in [7, 11) is 1.68. The Labute approximate surface area is 143 Å². The third kappa shape index (κ3) is 2.36. The number of hydrogen-bond acceptors (Lipinski definition) is 2. The quantitative estimate of drug-likeness (QED) is 0.709. The lowest BCUT2D eigenvalue weighted by molar-refractivity contribution is 0.379. The summed E-state index contributed by atoms with van der Waals surface area (Å²) >= 11 is 3.41. The molecule has 1 aliphatic carbocycles. The molecule has 0 unspecified atom stereocenters. The van der Waals surface area contributed by atoms with Crippen molar-refractivity contribution in [3.63, 3.8) is 0 Å². The lowest BCUT2D eigenvalue weighted by Crippen LogP contribution is -2.30. The van der Waals surface area contributed by atoms with E-state index in [2.05, 4.69) is 39.5 Å². The van der Waals surface area contributed by atoms with Gasteiger partial charge in [-0.3, -0.25) is 0 Å². The van der Waals surface area contributed by atoms with Gasteiger partial charge in [-0.25, -0.2) is 4.39 Å². The van der Waals surface area contributed by atoms with Gasteiger partial charge in [-0.15, -0.1) is 0 Å². The zero-order valence-electron chi connectivity index (χ0n) is 12.7. The van der Waals surface area contributed by atoms with Crippen LogP contribution in [-0.4, -0.2) is 7.11 Å². The van der Waals surface area contributed by atoms with Crippen LogP contribution >= 0.6 is 15.9 Å². The summed E-state index contributed by atoms with van der Waals surface area (Å²) < 4.78 is 20.8. The molecule has 2 aromatic carbocycles. The molecule has 0 bridgehead atoms. The second-order valence-corrected chi connectivity index (χ2v) is 6.98.